The van der Waals surface area contributed by atoms with E-state index in [4.69, 9.17) is 5.11 Å². The molecule has 0 aromatic rings. The summed E-state index contributed by atoms with van der Waals surface area (Å²) in [7, 11) is 0. The summed E-state index contributed by atoms with van der Waals surface area (Å²) in [4.78, 5) is 0. The van der Waals surface area contributed by atoms with E-state index in [0.717, 1.165) is 11.8 Å². The molecule has 1 aliphatic heterocycles. The number of aliphatic hydroxyl groups is 1. The molecule has 5 heteroatoms. The second kappa shape index (κ2) is 2.30. The van der Waals surface area contributed by atoms with Crippen molar-refractivity contribution in [2.24, 2.45) is 0 Å². The van der Waals surface area contributed by atoms with Gasteiger partial charge in [0.2, 0.25) is 0 Å². The van der Waals surface area contributed by atoms with E-state index in [2.05, 4.69) is 0 Å². The van der Waals surface area contributed by atoms with Gasteiger partial charge in [-0.2, -0.15) is 24.9 Å². The largest absolute Gasteiger partial charge is 0.418 e. The minimum atomic E-state index is -4.45. The van der Waals surface area contributed by atoms with Gasteiger partial charge in [0.1, 0.15) is 0 Å². The molecule has 1 fully saturated rings. The molecule has 1 saturated heterocycles. The van der Waals surface area contributed by atoms with Crippen LogP contribution < -0.4 is 0 Å². The molecule has 0 radical (unpaired) electrons. The van der Waals surface area contributed by atoms with Gasteiger partial charge in [0.15, 0.2) is 5.60 Å². The molecule has 60 valence electrons. The highest BCUT2D eigenvalue weighted by atomic mass is 32.2. The minimum absolute atomic E-state index is 0.166. The van der Waals surface area contributed by atoms with Crippen molar-refractivity contribution in [2.75, 3.05) is 11.5 Å². The van der Waals surface area contributed by atoms with Crippen molar-refractivity contribution in [2.45, 2.75) is 18.2 Å². The van der Waals surface area contributed by atoms with Gasteiger partial charge in [0.25, 0.3) is 0 Å². The number of thioether (sulfide) groups is 1. The van der Waals surface area contributed by atoms with Crippen LogP contribution >= 0.6 is 11.8 Å². The standard InChI is InChI=1S/C5H7F3OS/c6-5(7,8)4(9)1-2-10-3-4/h9H,1-3H2. The lowest BCUT2D eigenvalue weighted by Gasteiger charge is -2.23. The maximum absolute atomic E-state index is 11.9. The maximum Gasteiger partial charge on any atom is 0.418 e. The first-order chi connectivity index (χ1) is 4.46. The summed E-state index contributed by atoms with van der Waals surface area (Å²) in [5, 5.41) is 8.88. The van der Waals surface area contributed by atoms with Crippen LogP contribution in [0.25, 0.3) is 0 Å². The number of rotatable bonds is 0. The van der Waals surface area contributed by atoms with Crippen LogP contribution in [0.1, 0.15) is 6.42 Å². The average Bonchev–Trinajstić information content (AvgIpc) is 2.13. The van der Waals surface area contributed by atoms with Crippen molar-refractivity contribution < 1.29 is 18.3 Å². The summed E-state index contributed by atoms with van der Waals surface area (Å²) in [6, 6.07) is 0. The molecule has 1 unspecified atom stereocenters. The Morgan fingerprint density at radius 1 is 1.40 bits per heavy atom. The second-order valence-electron chi connectivity index (χ2n) is 2.33. The fourth-order valence-corrected chi connectivity index (χ4v) is 2.05. The van der Waals surface area contributed by atoms with E-state index >= 15 is 0 Å². The Hall–Kier alpha value is 0.100. The summed E-state index contributed by atoms with van der Waals surface area (Å²) in [5.74, 6) is 0.187. The summed E-state index contributed by atoms with van der Waals surface area (Å²) >= 11 is 1.14. The molecule has 10 heavy (non-hydrogen) atoms. The smallest absolute Gasteiger partial charge is 0.380 e. The van der Waals surface area contributed by atoms with Crippen molar-refractivity contribution in [1.29, 1.82) is 0 Å². The zero-order chi connectivity index (χ0) is 7.83. The fraction of sp³-hybridized carbons (Fsp3) is 1.00. The van der Waals surface area contributed by atoms with E-state index in [1.54, 1.807) is 0 Å². The Kier molecular flexibility index (Phi) is 1.89. The van der Waals surface area contributed by atoms with Crippen LogP contribution in [-0.4, -0.2) is 28.4 Å². The maximum atomic E-state index is 11.9. The summed E-state index contributed by atoms with van der Waals surface area (Å²) in [6.45, 7) is 0. The quantitative estimate of drug-likeness (QED) is 0.596. The van der Waals surface area contributed by atoms with Crippen LogP contribution in [0.15, 0.2) is 0 Å². The van der Waals surface area contributed by atoms with Gasteiger partial charge in [-0.25, -0.2) is 0 Å². The Morgan fingerprint density at radius 3 is 2.20 bits per heavy atom. The fourth-order valence-electron chi connectivity index (χ4n) is 0.778. The summed E-state index contributed by atoms with van der Waals surface area (Å²) in [6.07, 6.45) is -4.61. The zero-order valence-corrected chi connectivity index (χ0v) is 5.93. The van der Waals surface area contributed by atoms with Gasteiger partial charge in [-0.15, -0.1) is 0 Å². The molecule has 0 amide bonds. The first-order valence-corrected chi connectivity index (χ1v) is 3.98. The molecular formula is C5H7F3OS. The van der Waals surface area contributed by atoms with Crippen LogP contribution in [0.2, 0.25) is 0 Å². The van der Waals surface area contributed by atoms with Gasteiger partial charge in [0.05, 0.1) is 0 Å². The van der Waals surface area contributed by atoms with Gasteiger partial charge in [-0.3, -0.25) is 0 Å². The molecule has 0 bridgehead atoms. The monoisotopic (exact) mass is 172 g/mol. The summed E-state index contributed by atoms with van der Waals surface area (Å²) < 4.78 is 35.6. The highest BCUT2D eigenvalue weighted by Crippen LogP contribution is 2.40. The highest BCUT2D eigenvalue weighted by Gasteiger charge is 2.55. The SMILES string of the molecule is OC1(C(F)(F)F)CCSC1. The van der Waals surface area contributed by atoms with Gasteiger partial charge >= 0.3 is 6.18 Å². The van der Waals surface area contributed by atoms with Crippen molar-refractivity contribution in [1.82, 2.24) is 0 Å². The first-order valence-electron chi connectivity index (χ1n) is 2.83. The molecular weight excluding hydrogens is 165 g/mol. The molecule has 1 N–H and O–H groups in total. The van der Waals surface area contributed by atoms with Crippen molar-refractivity contribution in [3.8, 4) is 0 Å². The molecule has 1 rings (SSSR count). The molecule has 1 nitrogen and oxygen atoms in total. The molecule has 1 atom stereocenters. The van der Waals surface area contributed by atoms with E-state index in [9.17, 15) is 13.2 Å². The minimum Gasteiger partial charge on any atom is -0.380 e. The second-order valence-corrected chi connectivity index (χ2v) is 3.44. The third-order valence-corrected chi connectivity index (χ3v) is 2.70. The van der Waals surface area contributed by atoms with Gasteiger partial charge in [-0.1, -0.05) is 0 Å². The molecule has 0 spiro atoms. The lowest BCUT2D eigenvalue weighted by atomic mass is 10.0. The van der Waals surface area contributed by atoms with Crippen molar-refractivity contribution in [3.63, 3.8) is 0 Å². The Balaban J connectivity index is 2.67. The molecule has 0 saturated carbocycles. The van der Waals surface area contributed by atoms with Gasteiger partial charge in [0, 0.05) is 5.75 Å². The zero-order valence-electron chi connectivity index (χ0n) is 5.11. The topological polar surface area (TPSA) is 20.2 Å². The Bertz CT molecular complexity index is 127. The molecule has 0 aromatic carbocycles. The number of alkyl halides is 3. The van der Waals surface area contributed by atoms with Crippen LogP contribution in [0, 0.1) is 0 Å². The number of hydrogen-bond donors (Lipinski definition) is 1. The normalized spacial score (nSPS) is 34.8. The van der Waals surface area contributed by atoms with Crippen LogP contribution in [0.3, 0.4) is 0 Å². The average molecular weight is 172 g/mol. The predicted octanol–water partition coefficient (Wildman–Crippen LogP) is 1.42. The molecule has 0 aliphatic carbocycles. The van der Waals surface area contributed by atoms with Crippen LogP contribution in [0.5, 0.6) is 0 Å². The molecule has 1 heterocycles. The molecule has 0 aromatic heterocycles. The predicted molar refractivity (Wildman–Crippen MR) is 32.9 cm³/mol. The van der Waals surface area contributed by atoms with E-state index < -0.39 is 11.8 Å². The first kappa shape index (κ1) is 8.20. The third kappa shape index (κ3) is 1.25. The number of hydrogen-bond acceptors (Lipinski definition) is 2. The molecule has 1 aliphatic rings. The highest BCUT2D eigenvalue weighted by molar-refractivity contribution is 7.99. The van der Waals surface area contributed by atoms with Crippen molar-refractivity contribution >= 4 is 11.8 Å². The van der Waals surface area contributed by atoms with E-state index in [0.29, 0.717) is 5.75 Å². The summed E-state index contributed by atoms with van der Waals surface area (Å²) in [5.41, 5.74) is -2.41. The Morgan fingerprint density at radius 2 is 2.00 bits per heavy atom. The lowest BCUT2D eigenvalue weighted by Crippen LogP contribution is -2.44. The van der Waals surface area contributed by atoms with E-state index in [1.165, 1.54) is 0 Å². The van der Waals surface area contributed by atoms with E-state index in [1.807, 2.05) is 0 Å². The van der Waals surface area contributed by atoms with Crippen molar-refractivity contribution in [3.05, 3.63) is 0 Å². The van der Waals surface area contributed by atoms with Crippen LogP contribution in [-0.2, 0) is 0 Å². The lowest BCUT2D eigenvalue weighted by molar-refractivity contribution is -0.248. The number of halogens is 3. The van der Waals surface area contributed by atoms with E-state index in [-0.39, 0.29) is 12.2 Å². The Labute approximate surface area is 60.6 Å². The third-order valence-electron chi connectivity index (χ3n) is 1.53. The van der Waals surface area contributed by atoms with Gasteiger partial charge < -0.3 is 5.11 Å². The van der Waals surface area contributed by atoms with Gasteiger partial charge in [-0.05, 0) is 12.2 Å². The van der Waals surface area contributed by atoms with Crippen LogP contribution in [0.4, 0.5) is 13.2 Å².